The minimum absolute atomic E-state index is 0.0327. The highest BCUT2D eigenvalue weighted by Crippen LogP contribution is 2.23. The lowest BCUT2D eigenvalue weighted by Gasteiger charge is -2.27. The van der Waals surface area contributed by atoms with Crippen molar-refractivity contribution in [3.63, 3.8) is 0 Å². The number of hydrogen-bond acceptors (Lipinski definition) is 6. The molecular weight excluding hydrogens is 342 g/mol. The Bertz CT molecular complexity index is 889. The molecule has 1 aromatic heterocycles. The van der Waals surface area contributed by atoms with Gasteiger partial charge in [-0.2, -0.15) is 5.10 Å². The van der Waals surface area contributed by atoms with Gasteiger partial charge in [0, 0.05) is 55.6 Å². The van der Waals surface area contributed by atoms with Gasteiger partial charge in [0.05, 0.1) is 5.71 Å². The third-order valence-corrected chi connectivity index (χ3v) is 4.90. The Morgan fingerprint density at radius 2 is 2.04 bits per heavy atom. The second-order valence-corrected chi connectivity index (χ2v) is 6.64. The zero-order valence-corrected chi connectivity index (χ0v) is 14.9. The molecule has 1 atom stereocenters. The number of fused-ring (bicyclic) bond motifs is 1. The molecule has 2 aromatic rings. The molecule has 4 rings (SSSR count). The number of nitrogens with one attached hydrogen (secondary N) is 2. The van der Waals surface area contributed by atoms with Crippen molar-refractivity contribution in [1.82, 2.24) is 20.6 Å². The van der Waals surface area contributed by atoms with Crippen molar-refractivity contribution in [3.8, 4) is 0 Å². The first-order valence-corrected chi connectivity index (χ1v) is 9.08. The zero-order chi connectivity index (χ0) is 18.6. The molecule has 2 N–H and O–H groups in total. The summed E-state index contributed by atoms with van der Waals surface area (Å²) in [7, 11) is 0. The number of pyridine rings is 1. The van der Waals surface area contributed by atoms with E-state index in [0.717, 1.165) is 41.9 Å². The van der Waals surface area contributed by atoms with E-state index >= 15 is 0 Å². The van der Waals surface area contributed by atoms with Crippen LogP contribution in [0.25, 0.3) is 0 Å². The van der Waals surface area contributed by atoms with E-state index in [1.54, 1.807) is 12.3 Å². The van der Waals surface area contributed by atoms with Gasteiger partial charge in [-0.05, 0) is 17.7 Å². The summed E-state index contributed by atoms with van der Waals surface area (Å²) in [5.41, 5.74) is 6.97. The van der Waals surface area contributed by atoms with Crippen molar-refractivity contribution < 1.29 is 9.59 Å². The predicted molar refractivity (Wildman–Crippen MR) is 102 cm³/mol. The summed E-state index contributed by atoms with van der Waals surface area (Å²) in [4.78, 5) is 30.3. The second-order valence-electron chi connectivity index (χ2n) is 6.64. The van der Waals surface area contributed by atoms with Crippen LogP contribution in [0.2, 0.25) is 0 Å². The number of rotatable bonds is 4. The number of amides is 1. The van der Waals surface area contributed by atoms with E-state index in [-0.39, 0.29) is 5.91 Å². The molecule has 2 aliphatic heterocycles. The topological polar surface area (TPSA) is 86.7 Å². The van der Waals surface area contributed by atoms with Crippen LogP contribution in [0.3, 0.4) is 0 Å². The smallest absolute Gasteiger partial charge is 0.254 e. The van der Waals surface area contributed by atoms with Crippen molar-refractivity contribution in [2.45, 2.75) is 12.5 Å². The van der Waals surface area contributed by atoms with Gasteiger partial charge in [-0.1, -0.05) is 24.3 Å². The maximum Gasteiger partial charge on any atom is 0.254 e. The van der Waals surface area contributed by atoms with Gasteiger partial charge in [0.2, 0.25) is 0 Å². The van der Waals surface area contributed by atoms with Gasteiger partial charge in [0.25, 0.3) is 5.91 Å². The van der Waals surface area contributed by atoms with Gasteiger partial charge in [0.1, 0.15) is 12.3 Å². The van der Waals surface area contributed by atoms with Crippen molar-refractivity contribution >= 4 is 17.9 Å². The van der Waals surface area contributed by atoms with E-state index in [1.165, 1.54) is 0 Å². The molecular formula is C20H21N5O2. The molecule has 1 saturated heterocycles. The van der Waals surface area contributed by atoms with Crippen LogP contribution in [0, 0.1) is 0 Å². The van der Waals surface area contributed by atoms with E-state index in [1.807, 2.05) is 35.2 Å². The highest BCUT2D eigenvalue weighted by atomic mass is 16.2. The highest BCUT2D eigenvalue weighted by Gasteiger charge is 2.23. The molecule has 27 heavy (non-hydrogen) atoms. The van der Waals surface area contributed by atoms with E-state index in [4.69, 9.17) is 0 Å². The van der Waals surface area contributed by atoms with Gasteiger partial charge in [-0.25, -0.2) is 0 Å². The molecule has 1 amide bonds. The van der Waals surface area contributed by atoms with Crippen molar-refractivity contribution in [2.24, 2.45) is 5.10 Å². The lowest BCUT2D eigenvalue weighted by atomic mass is 9.94. The van der Waals surface area contributed by atoms with Crippen LogP contribution < -0.4 is 10.7 Å². The largest absolute Gasteiger partial charge is 0.336 e. The molecule has 138 valence electrons. The molecule has 0 spiro atoms. The summed E-state index contributed by atoms with van der Waals surface area (Å²) in [6.45, 7) is 3.07. The van der Waals surface area contributed by atoms with Crippen LogP contribution in [0.5, 0.6) is 0 Å². The molecule has 1 unspecified atom stereocenters. The molecule has 0 radical (unpaired) electrons. The molecule has 0 saturated carbocycles. The van der Waals surface area contributed by atoms with E-state index in [2.05, 4.69) is 20.8 Å². The Morgan fingerprint density at radius 3 is 2.85 bits per heavy atom. The lowest BCUT2D eigenvalue weighted by molar-refractivity contribution is -0.109. The maximum atomic E-state index is 12.7. The zero-order valence-electron chi connectivity index (χ0n) is 14.9. The summed E-state index contributed by atoms with van der Waals surface area (Å²) in [6.07, 6.45) is 3.00. The Morgan fingerprint density at radius 1 is 1.22 bits per heavy atom. The number of hydrazone groups is 1. The van der Waals surface area contributed by atoms with E-state index in [9.17, 15) is 9.59 Å². The fraction of sp³-hybridized carbons (Fsp3) is 0.300. The molecule has 0 aliphatic carbocycles. The number of piperazine rings is 1. The molecule has 1 fully saturated rings. The number of benzene rings is 1. The summed E-state index contributed by atoms with van der Waals surface area (Å²) in [5.74, 6) is 0.0327. The normalized spacial score (nSPS) is 18.9. The van der Waals surface area contributed by atoms with Crippen LogP contribution in [0.4, 0.5) is 0 Å². The molecule has 0 bridgehead atoms. The molecule has 7 heteroatoms. The summed E-state index contributed by atoms with van der Waals surface area (Å²) in [5, 5.41) is 7.63. The van der Waals surface area contributed by atoms with Crippen LogP contribution in [0.15, 0.2) is 47.7 Å². The first kappa shape index (κ1) is 17.4. The lowest BCUT2D eigenvalue weighted by Crippen LogP contribution is -2.46. The SMILES string of the molecule is O=CC1NN=C(Cc2cc(C(=O)N3CCNCC3)ccn2)c2ccccc21. The van der Waals surface area contributed by atoms with Crippen LogP contribution in [-0.2, 0) is 11.2 Å². The number of aldehydes is 1. The molecule has 7 nitrogen and oxygen atoms in total. The van der Waals surface area contributed by atoms with E-state index < -0.39 is 6.04 Å². The molecule has 1 aromatic carbocycles. The highest BCUT2D eigenvalue weighted by molar-refractivity contribution is 6.04. The van der Waals surface area contributed by atoms with Crippen molar-refractivity contribution in [1.29, 1.82) is 0 Å². The number of hydrogen-bond donors (Lipinski definition) is 2. The third-order valence-electron chi connectivity index (χ3n) is 4.90. The Balaban J connectivity index is 1.56. The first-order valence-electron chi connectivity index (χ1n) is 9.08. The van der Waals surface area contributed by atoms with Gasteiger partial charge in [-0.3, -0.25) is 15.2 Å². The average molecular weight is 363 g/mol. The molecule has 3 heterocycles. The maximum absolute atomic E-state index is 12.7. The van der Waals surface area contributed by atoms with Crippen LogP contribution >= 0.6 is 0 Å². The summed E-state index contributed by atoms with van der Waals surface area (Å²) >= 11 is 0. The van der Waals surface area contributed by atoms with Gasteiger partial charge in [-0.15, -0.1) is 0 Å². The van der Waals surface area contributed by atoms with Gasteiger partial charge in [0.15, 0.2) is 0 Å². The van der Waals surface area contributed by atoms with Gasteiger partial charge < -0.3 is 15.0 Å². The standard InChI is InChI=1S/C20H21N5O2/c26-13-19-17-4-2-1-3-16(17)18(23-24-19)12-15-11-14(5-6-22-15)20(27)25-9-7-21-8-10-25/h1-6,11,13,19,21,24H,7-10,12H2. The minimum atomic E-state index is -0.432. The Labute approximate surface area is 157 Å². The van der Waals surface area contributed by atoms with Crippen LogP contribution in [-0.4, -0.2) is 54.0 Å². The first-order chi connectivity index (χ1) is 13.3. The number of aromatic nitrogens is 1. The Hall–Kier alpha value is -3.06. The number of nitrogens with zero attached hydrogens (tertiary/aromatic N) is 3. The molecule has 2 aliphatic rings. The summed E-state index contributed by atoms with van der Waals surface area (Å²) < 4.78 is 0. The van der Waals surface area contributed by atoms with Crippen molar-refractivity contribution in [2.75, 3.05) is 26.2 Å². The second kappa shape index (κ2) is 7.67. The quantitative estimate of drug-likeness (QED) is 0.789. The summed E-state index contributed by atoms with van der Waals surface area (Å²) in [6, 6.07) is 10.9. The average Bonchev–Trinajstić information content (AvgIpc) is 2.74. The Kier molecular flexibility index (Phi) is 4.93. The number of carbonyl (C=O) groups is 2. The van der Waals surface area contributed by atoms with Crippen LogP contribution in [0.1, 0.15) is 33.2 Å². The fourth-order valence-corrected chi connectivity index (χ4v) is 3.48. The third kappa shape index (κ3) is 3.59. The monoisotopic (exact) mass is 363 g/mol. The van der Waals surface area contributed by atoms with Gasteiger partial charge >= 0.3 is 0 Å². The minimum Gasteiger partial charge on any atom is -0.336 e. The fourth-order valence-electron chi connectivity index (χ4n) is 3.48. The predicted octanol–water partition coefficient (Wildman–Crippen LogP) is 0.917. The van der Waals surface area contributed by atoms with E-state index in [0.29, 0.717) is 25.1 Å². The van der Waals surface area contributed by atoms with Crippen molar-refractivity contribution in [3.05, 3.63) is 65.0 Å². The number of carbonyl (C=O) groups excluding carboxylic acids is 2.